The minimum Gasteiger partial charge on any atom is -0.460 e. The smallest absolute Gasteiger partial charge is 0.306 e. The number of rotatable bonds is 10. The van der Waals surface area contributed by atoms with Gasteiger partial charge in [0.1, 0.15) is 5.60 Å². The summed E-state index contributed by atoms with van der Waals surface area (Å²) in [5.74, 6) is 0.427. The van der Waals surface area contributed by atoms with Crippen LogP contribution in [0.25, 0.3) is 16.7 Å². The van der Waals surface area contributed by atoms with E-state index in [2.05, 4.69) is 56.3 Å². The SMILES string of the molecule is CC(C)(C)OC(=O)C[C@@H](CN1CC[C@@H](CCc2ccc3cccnc3n2)C1)c1cc(N2CCOCC2)cc(-n2cccn2)c1. The number of aromatic nitrogens is 4. The van der Waals surface area contributed by atoms with E-state index in [1.54, 1.807) is 12.4 Å². The number of nitrogens with zero attached hydrogens (tertiary/aromatic N) is 6. The molecule has 2 aliphatic rings. The number of esters is 1. The van der Waals surface area contributed by atoms with Crippen molar-refractivity contribution in [2.75, 3.05) is 50.8 Å². The van der Waals surface area contributed by atoms with Gasteiger partial charge in [-0.15, -0.1) is 0 Å². The Balaban J connectivity index is 1.19. The third-order valence-corrected chi connectivity index (χ3v) is 8.55. The second-order valence-corrected chi connectivity index (χ2v) is 13.1. The molecule has 0 bridgehead atoms. The largest absolute Gasteiger partial charge is 0.460 e. The van der Waals surface area contributed by atoms with Crippen molar-refractivity contribution in [1.29, 1.82) is 0 Å². The number of benzene rings is 1. The van der Waals surface area contributed by atoms with E-state index in [1.165, 1.54) is 0 Å². The topological polar surface area (TPSA) is 85.6 Å². The number of pyridine rings is 2. The normalized spacial score (nSPS) is 18.5. The summed E-state index contributed by atoms with van der Waals surface area (Å²) in [5.41, 5.74) is 4.67. The summed E-state index contributed by atoms with van der Waals surface area (Å²) in [7, 11) is 0. The van der Waals surface area contributed by atoms with Crippen LogP contribution in [0.2, 0.25) is 0 Å². The van der Waals surface area contributed by atoms with Crippen molar-refractivity contribution < 1.29 is 14.3 Å². The fourth-order valence-corrected chi connectivity index (χ4v) is 6.39. The van der Waals surface area contributed by atoms with Crippen molar-refractivity contribution in [3.63, 3.8) is 0 Å². The Labute approximate surface area is 260 Å². The predicted molar refractivity (Wildman–Crippen MR) is 172 cm³/mol. The number of ether oxygens (including phenoxy) is 2. The van der Waals surface area contributed by atoms with Crippen molar-refractivity contribution >= 4 is 22.7 Å². The van der Waals surface area contributed by atoms with E-state index < -0.39 is 5.60 Å². The van der Waals surface area contributed by atoms with Gasteiger partial charge in [-0.1, -0.05) is 0 Å². The van der Waals surface area contributed by atoms with Crippen LogP contribution in [0.5, 0.6) is 0 Å². The molecule has 6 rings (SSSR count). The molecule has 5 heterocycles. The third-order valence-electron chi connectivity index (χ3n) is 8.55. The Bertz CT molecular complexity index is 1540. The van der Waals surface area contributed by atoms with Crippen molar-refractivity contribution in [3.05, 3.63) is 78.4 Å². The van der Waals surface area contributed by atoms with Gasteiger partial charge in [-0.25, -0.2) is 14.6 Å². The monoisotopic (exact) mass is 596 g/mol. The maximum absolute atomic E-state index is 13.2. The van der Waals surface area contributed by atoms with Crippen LogP contribution < -0.4 is 4.90 Å². The molecule has 0 aliphatic carbocycles. The average Bonchev–Trinajstić information content (AvgIpc) is 3.72. The van der Waals surface area contributed by atoms with Gasteiger partial charge in [-0.05, 0) is 107 Å². The number of fused-ring (bicyclic) bond motifs is 1. The van der Waals surface area contributed by atoms with Crippen LogP contribution in [-0.2, 0) is 20.7 Å². The van der Waals surface area contributed by atoms with Gasteiger partial charge >= 0.3 is 5.97 Å². The molecule has 2 atom stereocenters. The van der Waals surface area contributed by atoms with E-state index in [0.29, 0.717) is 25.6 Å². The Kier molecular flexibility index (Phi) is 9.23. The number of hydrogen-bond acceptors (Lipinski definition) is 8. The lowest BCUT2D eigenvalue weighted by molar-refractivity contribution is -0.155. The zero-order chi connectivity index (χ0) is 30.5. The standard InChI is InChI=1S/C35H44N6O3/c1-35(2,3)44-33(42)22-29(28-20-31(40-16-18-43-19-17-40)23-32(21-28)41-14-5-13-37-41)25-39-15-11-26(24-39)7-9-30-10-8-27-6-4-12-36-34(27)38-30/h4-6,8,10,12-14,20-21,23,26,29H,7,9,11,15-19,22,24-25H2,1-3H3/t26-,29+/m1/s1. The molecule has 0 spiro atoms. The molecule has 0 radical (unpaired) electrons. The lowest BCUT2D eigenvalue weighted by Gasteiger charge is -2.31. The van der Waals surface area contributed by atoms with Gasteiger partial charge in [0, 0.05) is 67.5 Å². The Morgan fingerprint density at radius 3 is 2.68 bits per heavy atom. The second-order valence-electron chi connectivity index (χ2n) is 13.1. The van der Waals surface area contributed by atoms with Crippen LogP contribution in [0.4, 0.5) is 5.69 Å². The van der Waals surface area contributed by atoms with E-state index in [9.17, 15) is 4.79 Å². The van der Waals surface area contributed by atoms with Crippen LogP contribution in [0.1, 0.15) is 57.2 Å². The zero-order valence-corrected chi connectivity index (χ0v) is 26.2. The van der Waals surface area contributed by atoms with Crippen LogP contribution in [0, 0.1) is 5.92 Å². The quantitative estimate of drug-likeness (QED) is 0.224. The molecule has 44 heavy (non-hydrogen) atoms. The average molecular weight is 597 g/mol. The Morgan fingerprint density at radius 2 is 1.89 bits per heavy atom. The van der Waals surface area contributed by atoms with E-state index in [-0.39, 0.29) is 11.9 Å². The molecule has 232 valence electrons. The van der Waals surface area contributed by atoms with Gasteiger partial charge in [0.2, 0.25) is 0 Å². The van der Waals surface area contributed by atoms with Crippen LogP contribution in [-0.4, -0.2) is 82.2 Å². The third kappa shape index (κ3) is 7.81. The lowest BCUT2D eigenvalue weighted by Crippen LogP contribution is -2.36. The molecule has 0 amide bonds. The summed E-state index contributed by atoms with van der Waals surface area (Å²) in [6.45, 7) is 11.7. The molecule has 9 heteroatoms. The van der Waals surface area contributed by atoms with Crippen LogP contribution in [0.3, 0.4) is 0 Å². The van der Waals surface area contributed by atoms with Crippen molar-refractivity contribution in [1.82, 2.24) is 24.6 Å². The molecular weight excluding hydrogens is 552 g/mol. The molecule has 0 N–H and O–H groups in total. The molecular formula is C35H44N6O3. The second kappa shape index (κ2) is 13.4. The minimum absolute atomic E-state index is 0.00729. The maximum Gasteiger partial charge on any atom is 0.306 e. The highest BCUT2D eigenvalue weighted by atomic mass is 16.6. The first kappa shape index (κ1) is 30.2. The maximum atomic E-state index is 13.2. The van der Waals surface area contributed by atoms with Gasteiger partial charge in [0.05, 0.1) is 25.3 Å². The fraction of sp³-hybridized carbons (Fsp3) is 0.486. The summed E-state index contributed by atoms with van der Waals surface area (Å²) in [4.78, 5) is 27.3. The van der Waals surface area contributed by atoms with Crippen LogP contribution in [0.15, 0.2) is 67.1 Å². The first-order chi connectivity index (χ1) is 21.3. The van der Waals surface area contributed by atoms with E-state index in [0.717, 1.165) is 85.7 Å². The molecule has 2 saturated heterocycles. The molecule has 3 aromatic heterocycles. The fourth-order valence-electron chi connectivity index (χ4n) is 6.39. The Morgan fingerprint density at radius 1 is 1.05 bits per heavy atom. The van der Waals surface area contributed by atoms with Gasteiger partial charge in [0.25, 0.3) is 0 Å². The number of morpholine rings is 1. The summed E-state index contributed by atoms with van der Waals surface area (Å²) >= 11 is 0. The molecule has 2 fully saturated rings. The van der Waals surface area contributed by atoms with Crippen molar-refractivity contribution in [2.24, 2.45) is 5.92 Å². The highest BCUT2D eigenvalue weighted by molar-refractivity contribution is 5.74. The number of hydrogen-bond donors (Lipinski definition) is 0. The minimum atomic E-state index is -0.525. The molecule has 9 nitrogen and oxygen atoms in total. The number of carbonyl (C=O) groups excluding carboxylic acids is 1. The van der Waals surface area contributed by atoms with Gasteiger partial charge in [-0.3, -0.25) is 4.79 Å². The molecule has 1 aromatic carbocycles. The predicted octanol–water partition coefficient (Wildman–Crippen LogP) is 5.42. The number of carbonyl (C=O) groups is 1. The van der Waals surface area contributed by atoms with E-state index in [4.69, 9.17) is 14.5 Å². The molecule has 4 aromatic rings. The summed E-state index contributed by atoms with van der Waals surface area (Å²) < 4.78 is 13.4. The highest BCUT2D eigenvalue weighted by Gasteiger charge is 2.29. The van der Waals surface area contributed by atoms with Gasteiger partial charge < -0.3 is 19.3 Å². The highest BCUT2D eigenvalue weighted by Crippen LogP contribution is 2.32. The van der Waals surface area contributed by atoms with Gasteiger partial charge in [0.15, 0.2) is 5.65 Å². The molecule has 0 saturated carbocycles. The van der Waals surface area contributed by atoms with E-state index >= 15 is 0 Å². The number of likely N-dealkylation sites (tertiary alicyclic amines) is 1. The molecule has 2 aliphatic heterocycles. The molecule has 0 unspecified atom stereocenters. The summed E-state index contributed by atoms with van der Waals surface area (Å²) in [6.07, 6.45) is 9.09. The first-order valence-corrected chi connectivity index (χ1v) is 15.9. The lowest BCUT2D eigenvalue weighted by atomic mass is 9.93. The summed E-state index contributed by atoms with van der Waals surface area (Å²) in [6, 6.07) is 16.8. The van der Waals surface area contributed by atoms with Crippen LogP contribution >= 0.6 is 0 Å². The number of aryl methyl sites for hydroxylation is 1. The van der Waals surface area contributed by atoms with Gasteiger partial charge in [-0.2, -0.15) is 5.10 Å². The van der Waals surface area contributed by atoms with E-state index in [1.807, 2.05) is 43.8 Å². The first-order valence-electron chi connectivity index (χ1n) is 15.9. The number of anilines is 1. The van der Waals surface area contributed by atoms with Crippen molar-refractivity contribution in [2.45, 2.75) is 58.0 Å². The zero-order valence-electron chi connectivity index (χ0n) is 26.2. The van der Waals surface area contributed by atoms with Crippen molar-refractivity contribution in [3.8, 4) is 5.69 Å². The summed E-state index contributed by atoms with van der Waals surface area (Å²) in [5, 5.41) is 5.60. The Hall–Kier alpha value is -3.82.